The van der Waals surface area contributed by atoms with Crippen molar-refractivity contribution in [3.8, 4) is 0 Å². The van der Waals surface area contributed by atoms with Gasteiger partial charge in [0, 0.05) is 31.1 Å². The minimum absolute atomic E-state index is 0.251. The topological polar surface area (TPSA) is 58.4 Å². The van der Waals surface area contributed by atoms with Gasteiger partial charge in [-0.1, -0.05) is 11.3 Å². The molecule has 3 rings (SSSR count). The van der Waals surface area contributed by atoms with Crippen molar-refractivity contribution in [2.24, 2.45) is 11.8 Å². The summed E-state index contributed by atoms with van der Waals surface area (Å²) in [6.45, 7) is 5.37. The predicted octanol–water partition coefficient (Wildman–Crippen LogP) is 1.31. The molecule has 1 aromatic rings. The first-order chi connectivity index (χ1) is 8.22. The third-order valence-electron chi connectivity index (χ3n) is 3.69. The Morgan fingerprint density at radius 2 is 2.18 bits per heavy atom. The van der Waals surface area contributed by atoms with Crippen molar-refractivity contribution < 1.29 is 4.92 Å². The Labute approximate surface area is 104 Å². The molecule has 0 saturated carbocycles. The summed E-state index contributed by atoms with van der Waals surface area (Å²) in [5.41, 5.74) is 1.08. The maximum absolute atomic E-state index is 10.6. The molecular weight excluding hydrogens is 238 g/mol. The van der Waals surface area contributed by atoms with E-state index in [0.29, 0.717) is 0 Å². The van der Waals surface area contributed by atoms with Crippen molar-refractivity contribution in [3.05, 3.63) is 27.1 Å². The minimum Gasteiger partial charge on any atom is -0.316 e. The first-order valence-corrected chi connectivity index (χ1v) is 6.75. The van der Waals surface area contributed by atoms with Crippen LogP contribution in [-0.2, 0) is 6.54 Å². The van der Waals surface area contributed by atoms with E-state index in [4.69, 9.17) is 0 Å². The number of hydrogen-bond acceptors (Lipinski definition) is 5. The van der Waals surface area contributed by atoms with Crippen LogP contribution in [0.3, 0.4) is 0 Å². The molecule has 0 amide bonds. The number of fused-ring (bicyclic) bond motifs is 1. The second-order valence-electron chi connectivity index (χ2n) is 4.92. The average molecular weight is 253 g/mol. The molecule has 2 aliphatic heterocycles. The van der Waals surface area contributed by atoms with Gasteiger partial charge in [-0.05, 0) is 30.5 Å². The third kappa shape index (κ3) is 2.20. The van der Waals surface area contributed by atoms with Crippen LogP contribution in [0, 0.1) is 22.0 Å². The number of nitrogens with one attached hydrogen (secondary N) is 1. The van der Waals surface area contributed by atoms with Gasteiger partial charge in [0.25, 0.3) is 0 Å². The molecule has 1 aromatic heterocycles. The molecule has 5 nitrogen and oxygen atoms in total. The molecule has 17 heavy (non-hydrogen) atoms. The molecule has 2 atom stereocenters. The molecule has 2 saturated heterocycles. The van der Waals surface area contributed by atoms with Crippen LogP contribution in [0.5, 0.6) is 0 Å². The van der Waals surface area contributed by atoms with Crippen molar-refractivity contribution >= 4 is 16.3 Å². The lowest BCUT2D eigenvalue weighted by atomic mass is 10.0. The van der Waals surface area contributed by atoms with Crippen molar-refractivity contribution in [1.82, 2.24) is 10.2 Å². The highest BCUT2D eigenvalue weighted by molar-refractivity contribution is 7.13. The molecule has 2 aliphatic rings. The molecule has 0 aliphatic carbocycles. The summed E-state index contributed by atoms with van der Waals surface area (Å²) in [6, 6.07) is 1.71. The lowest BCUT2D eigenvalue weighted by molar-refractivity contribution is -0.380. The fourth-order valence-electron chi connectivity index (χ4n) is 2.88. The highest BCUT2D eigenvalue weighted by Gasteiger charge is 2.35. The lowest BCUT2D eigenvalue weighted by Gasteiger charge is -2.15. The van der Waals surface area contributed by atoms with Gasteiger partial charge in [0.1, 0.15) is 0 Å². The van der Waals surface area contributed by atoms with E-state index >= 15 is 0 Å². The maximum Gasteiger partial charge on any atom is 0.324 e. The maximum atomic E-state index is 10.6. The first kappa shape index (κ1) is 11.1. The molecule has 0 aromatic carbocycles. The number of hydrogen-bond donors (Lipinski definition) is 1. The highest BCUT2D eigenvalue weighted by atomic mass is 32.1. The van der Waals surface area contributed by atoms with E-state index in [0.717, 1.165) is 50.1 Å². The van der Waals surface area contributed by atoms with Gasteiger partial charge >= 0.3 is 5.00 Å². The summed E-state index contributed by atoms with van der Waals surface area (Å²) in [5.74, 6) is 1.56. The molecule has 1 N–H and O–H groups in total. The summed E-state index contributed by atoms with van der Waals surface area (Å²) >= 11 is 1.22. The van der Waals surface area contributed by atoms with Crippen LogP contribution in [0.2, 0.25) is 0 Å². The Hall–Kier alpha value is -0.980. The van der Waals surface area contributed by atoms with Crippen molar-refractivity contribution in [3.63, 3.8) is 0 Å². The third-order valence-corrected chi connectivity index (χ3v) is 4.62. The predicted molar refractivity (Wildman–Crippen MR) is 66.1 cm³/mol. The summed E-state index contributed by atoms with van der Waals surface area (Å²) < 4.78 is 0. The van der Waals surface area contributed by atoms with Crippen LogP contribution < -0.4 is 5.32 Å². The van der Waals surface area contributed by atoms with E-state index in [1.165, 1.54) is 11.3 Å². The first-order valence-electron chi connectivity index (χ1n) is 5.87. The standard InChI is InChI=1S/C11H15N3O2S/c15-14(16)11-1-8(7-17-11)4-13-5-9-2-12-3-10(9)6-13/h1,7,9-10,12H,2-6H2/t9-,10+. The van der Waals surface area contributed by atoms with E-state index in [2.05, 4.69) is 10.2 Å². The second-order valence-corrected chi connectivity index (χ2v) is 5.81. The molecule has 0 radical (unpaired) electrons. The van der Waals surface area contributed by atoms with Crippen molar-refractivity contribution in [2.45, 2.75) is 6.54 Å². The Morgan fingerprint density at radius 3 is 2.76 bits per heavy atom. The summed E-state index contributed by atoms with van der Waals surface area (Å²) in [5, 5.41) is 16.2. The number of rotatable bonds is 3. The van der Waals surface area contributed by atoms with Gasteiger partial charge in [-0.2, -0.15) is 0 Å². The monoisotopic (exact) mass is 253 g/mol. The SMILES string of the molecule is O=[N+]([O-])c1cc(CN2C[C@H]3CNC[C@H]3C2)cs1. The van der Waals surface area contributed by atoms with Gasteiger partial charge in [-0.3, -0.25) is 15.0 Å². The molecule has 0 spiro atoms. The fourth-order valence-corrected chi connectivity index (χ4v) is 3.60. The molecule has 92 valence electrons. The van der Waals surface area contributed by atoms with Crippen LogP contribution in [-0.4, -0.2) is 36.0 Å². The molecule has 6 heteroatoms. The van der Waals surface area contributed by atoms with Gasteiger partial charge in [-0.25, -0.2) is 0 Å². The lowest BCUT2D eigenvalue weighted by Crippen LogP contribution is -2.25. The summed E-state index contributed by atoms with van der Waals surface area (Å²) in [6.07, 6.45) is 0. The number of nitro groups is 1. The van der Waals surface area contributed by atoms with Gasteiger partial charge < -0.3 is 5.32 Å². The van der Waals surface area contributed by atoms with Gasteiger partial charge in [0.2, 0.25) is 0 Å². The normalized spacial score (nSPS) is 28.5. The van der Waals surface area contributed by atoms with E-state index in [1.807, 2.05) is 5.38 Å². The zero-order valence-electron chi connectivity index (χ0n) is 9.46. The highest BCUT2D eigenvalue weighted by Crippen LogP contribution is 2.29. The Bertz CT molecular complexity index is 422. The van der Waals surface area contributed by atoms with Crippen LogP contribution >= 0.6 is 11.3 Å². The quantitative estimate of drug-likeness (QED) is 0.652. The summed E-state index contributed by atoms with van der Waals surface area (Å²) in [4.78, 5) is 12.7. The summed E-state index contributed by atoms with van der Waals surface area (Å²) in [7, 11) is 0. The van der Waals surface area contributed by atoms with E-state index in [1.54, 1.807) is 6.07 Å². The van der Waals surface area contributed by atoms with E-state index in [9.17, 15) is 10.1 Å². The molecule has 3 heterocycles. The largest absolute Gasteiger partial charge is 0.324 e. The van der Waals surface area contributed by atoms with E-state index < -0.39 is 0 Å². The van der Waals surface area contributed by atoms with Crippen LogP contribution in [0.4, 0.5) is 5.00 Å². The Balaban J connectivity index is 1.61. The Kier molecular flexibility index (Phi) is 2.85. The Morgan fingerprint density at radius 1 is 1.47 bits per heavy atom. The molecule has 0 bridgehead atoms. The molecule has 2 fully saturated rings. The van der Waals surface area contributed by atoms with Gasteiger partial charge in [-0.15, -0.1) is 0 Å². The fraction of sp³-hybridized carbons (Fsp3) is 0.636. The van der Waals surface area contributed by atoms with Crippen LogP contribution in [0.1, 0.15) is 5.56 Å². The molecule has 0 unspecified atom stereocenters. The zero-order chi connectivity index (χ0) is 11.8. The van der Waals surface area contributed by atoms with Gasteiger partial charge in [0.15, 0.2) is 0 Å². The number of nitrogens with zero attached hydrogens (tertiary/aromatic N) is 2. The molecular formula is C11H15N3O2S. The smallest absolute Gasteiger partial charge is 0.316 e. The van der Waals surface area contributed by atoms with Crippen LogP contribution in [0.25, 0.3) is 0 Å². The van der Waals surface area contributed by atoms with Crippen LogP contribution in [0.15, 0.2) is 11.4 Å². The van der Waals surface area contributed by atoms with Crippen molar-refractivity contribution in [1.29, 1.82) is 0 Å². The second kappa shape index (κ2) is 4.36. The number of thiophene rings is 1. The van der Waals surface area contributed by atoms with E-state index in [-0.39, 0.29) is 9.92 Å². The zero-order valence-corrected chi connectivity index (χ0v) is 10.3. The van der Waals surface area contributed by atoms with Crippen molar-refractivity contribution in [2.75, 3.05) is 26.2 Å². The van der Waals surface area contributed by atoms with Gasteiger partial charge in [0.05, 0.1) is 4.92 Å². The number of likely N-dealkylation sites (tertiary alicyclic amines) is 1. The average Bonchev–Trinajstić information content (AvgIpc) is 2.91. The minimum atomic E-state index is -0.309.